The first kappa shape index (κ1) is 23.1. The van der Waals surface area contributed by atoms with Crippen LogP contribution in [-0.4, -0.2) is 10.2 Å². The third-order valence-corrected chi connectivity index (χ3v) is 4.79. The monoisotopic (exact) mass is 370 g/mol. The minimum Gasteiger partial charge on any atom is -0.508 e. The van der Waals surface area contributed by atoms with Crippen LogP contribution in [0, 0.1) is 19.3 Å². The number of aromatic hydroxyl groups is 2. The fourth-order valence-corrected chi connectivity index (χ4v) is 4.21. The highest BCUT2D eigenvalue weighted by molar-refractivity contribution is 5.43. The lowest BCUT2D eigenvalue weighted by atomic mass is 9.71. The molecule has 2 rings (SSSR count). The molecule has 0 heterocycles. The largest absolute Gasteiger partial charge is 0.508 e. The maximum Gasteiger partial charge on any atom is 0.119 e. The van der Waals surface area contributed by atoms with Crippen molar-refractivity contribution in [3.63, 3.8) is 0 Å². The highest BCUT2D eigenvalue weighted by atomic mass is 16.3. The van der Waals surface area contributed by atoms with Gasteiger partial charge in [0.1, 0.15) is 11.5 Å². The average Bonchev–Trinajstić information content (AvgIpc) is 2.49. The predicted molar refractivity (Wildman–Crippen MR) is 117 cm³/mol. The Morgan fingerprint density at radius 1 is 0.778 bits per heavy atom. The molecule has 2 aromatic rings. The first-order valence-electron chi connectivity index (χ1n) is 9.95. The molecular weight excluding hydrogens is 332 g/mol. The molecule has 150 valence electrons. The maximum atomic E-state index is 10.0. The number of hydrogen-bond donors (Lipinski definition) is 2. The van der Waals surface area contributed by atoms with Gasteiger partial charge in [-0.3, -0.25) is 0 Å². The van der Waals surface area contributed by atoms with E-state index in [-0.39, 0.29) is 10.8 Å². The smallest absolute Gasteiger partial charge is 0.119 e. The Kier molecular flexibility index (Phi) is 7.95. The second-order valence-corrected chi connectivity index (χ2v) is 9.41. The second kappa shape index (κ2) is 9.30. The number of aryl methyl sites for hydroxylation is 2. The van der Waals surface area contributed by atoms with Crippen molar-refractivity contribution in [3.05, 3.63) is 58.7 Å². The van der Waals surface area contributed by atoms with Gasteiger partial charge in [0.15, 0.2) is 0 Å². The maximum absolute atomic E-state index is 10.0. The van der Waals surface area contributed by atoms with E-state index >= 15 is 0 Å². The third-order valence-electron chi connectivity index (χ3n) is 4.79. The fraction of sp³-hybridized carbons (Fsp3) is 0.520. The molecule has 0 atom stereocenters. The molecule has 0 spiro atoms. The number of benzene rings is 2. The molecule has 27 heavy (non-hydrogen) atoms. The SMILES string of the molecule is CCCc1c(C)cccc1O.Cc1cccc(O)c1C(C)(C)CC(C)(C)C. The van der Waals surface area contributed by atoms with Crippen molar-refractivity contribution in [2.24, 2.45) is 5.41 Å². The molecule has 0 unspecified atom stereocenters. The molecule has 0 bridgehead atoms. The van der Waals surface area contributed by atoms with Gasteiger partial charge >= 0.3 is 0 Å². The Labute approximate surface area is 166 Å². The van der Waals surface area contributed by atoms with E-state index < -0.39 is 0 Å². The summed E-state index contributed by atoms with van der Waals surface area (Å²) in [6.07, 6.45) is 3.11. The van der Waals surface area contributed by atoms with Gasteiger partial charge in [-0.2, -0.15) is 0 Å². The van der Waals surface area contributed by atoms with E-state index in [1.807, 2.05) is 25.1 Å². The number of hydrogen-bond acceptors (Lipinski definition) is 2. The van der Waals surface area contributed by atoms with E-state index in [0.29, 0.717) is 11.5 Å². The van der Waals surface area contributed by atoms with Crippen molar-refractivity contribution in [3.8, 4) is 11.5 Å². The molecule has 2 N–H and O–H groups in total. The zero-order chi connectivity index (χ0) is 20.8. The van der Waals surface area contributed by atoms with Crippen LogP contribution in [0.15, 0.2) is 36.4 Å². The van der Waals surface area contributed by atoms with Gasteiger partial charge in [0, 0.05) is 5.56 Å². The van der Waals surface area contributed by atoms with Gasteiger partial charge in [0.05, 0.1) is 0 Å². The normalized spacial score (nSPS) is 11.7. The summed E-state index contributed by atoms with van der Waals surface area (Å²) in [6.45, 7) is 17.4. The minimum absolute atomic E-state index is 0.00762. The summed E-state index contributed by atoms with van der Waals surface area (Å²) >= 11 is 0. The van der Waals surface area contributed by atoms with Crippen molar-refractivity contribution in [2.45, 2.75) is 80.1 Å². The van der Waals surface area contributed by atoms with Crippen molar-refractivity contribution in [1.29, 1.82) is 0 Å². The first-order valence-corrected chi connectivity index (χ1v) is 9.95. The molecular formula is C25H38O2. The summed E-state index contributed by atoms with van der Waals surface area (Å²) in [4.78, 5) is 0. The van der Waals surface area contributed by atoms with Gasteiger partial charge < -0.3 is 10.2 Å². The average molecular weight is 371 g/mol. The topological polar surface area (TPSA) is 40.5 Å². The van der Waals surface area contributed by atoms with E-state index in [1.54, 1.807) is 12.1 Å². The second-order valence-electron chi connectivity index (χ2n) is 9.41. The van der Waals surface area contributed by atoms with Crippen LogP contribution in [0.2, 0.25) is 0 Å². The summed E-state index contributed by atoms with van der Waals surface area (Å²) < 4.78 is 0. The number of phenolic OH excluding ortho intramolecular Hbond substituents is 2. The van der Waals surface area contributed by atoms with Crippen LogP contribution in [0.3, 0.4) is 0 Å². The molecule has 0 fully saturated rings. The summed E-state index contributed by atoms with van der Waals surface area (Å²) in [7, 11) is 0. The van der Waals surface area contributed by atoms with Gasteiger partial charge in [0.2, 0.25) is 0 Å². The van der Waals surface area contributed by atoms with E-state index in [9.17, 15) is 10.2 Å². The number of rotatable bonds is 4. The summed E-state index contributed by atoms with van der Waals surface area (Å²) in [5, 5.41) is 19.4. The quantitative estimate of drug-likeness (QED) is 0.604. The molecule has 0 aliphatic carbocycles. The van der Waals surface area contributed by atoms with Gasteiger partial charge in [-0.05, 0) is 66.3 Å². The molecule has 2 aromatic carbocycles. The summed E-state index contributed by atoms with van der Waals surface area (Å²) in [5.74, 6) is 0.862. The number of phenols is 2. The molecule has 0 aromatic heterocycles. The predicted octanol–water partition coefficient (Wildman–Crippen LogP) is 7.07. The zero-order valence-corrected chi connectivity index (χ0v) is 18.5. The van der Waals surface area contributed by atoms with Gasteiger partial charge in [0.25, 0.3) is 0 Å². The Balaban J connectivity index is 0.000000289. The lowest BCUT2D eigenvalue weighted by molar-refractivity contribution is 0.278. The Hall–Kier alpha value is -1.96. The van der Waals surface area contributed by atoms with Crippen LogP contribution < -0.4 is 0 Å². The van der Waals surface area contributed by atoms with E-state index in [1.165, 1.54) is 11.1 Å². The van der Waals surface area contributed by atoms with Crippen LogP contribution in [-0.2, 0) is 11.8 Å². The first-order chi connectivity index (χ1) is 12.4. The van der Waals surface area contributed by atoms with E-state index in [4.69, 9.17) is 0 Å². The molecule has 0 aliphatic rings. The van der Waals surface area contributed by atoms with Gasteiger partial charge in [-0.1, -0.05) is 72.2 Å². The van der Waals surface area contributed by atoms with Crippen molar-refractivity contribution >= 4 is 0 Å². The molecule has 0 saturated heterocycles. The van der Waals surface area contributed by atoms with Crippen molar-refractivity contribution in [2.75, 3.05) is 0 Å². The zero-order valence-electron chi connectivity index (χ0n) is 18.5. The lowest BCUT2D eigenvalue weighted by Crippen LogP contribution is -2.25. The molecule has 0 radical (unpaired) electrons. The third kappa shape index (κ3) is 6.93. The Morgan fingerprint density at radius 2 is 1.30 bits per heavy atom. The van der Waals surface area contributed by atoms with Crippen LogP contribution in [0.25, 0.3) is 0 Å². The molecule has 0 amide bonds. The van der Waals surface area contributed by atoms with Gasteiger partial charge in [-0.25, -0.2) is 0 Å². The highest BCUT2D eigenvalue weighted by Gasteiger charge is 2.30. The van der Waals surface area contributed by atoms with Crippen LogP contribution in [0.4, 0.5) is 0 Å². The van der Waals surface area contributed by atoms with Crippen molar-refractivity contribution in [1.82, 2.24) is 0 Å². The van der Waals surface area contributed by atoms with Crippen LogP contribution in [0.5, 0.6) is 11.5 Å². The minimum atomic E-state index is 0.00762. The van der Waals surface area contributed by atoms with Crippen LogP contribution >= 0.6 is 0 Å². The van der Waals surface area contributed by atoms with Gasteiger partial charge in [-0.15, -0.1) is 0 Å². The van der Waals surface area contributed by atoms with Crippen LogP contribution in [0.1, 0.15) is 76.6 Å². The van der Waals surface area contributed by atoms with E-state index in [2.05, 4.69) is 54.5 Å². The molecule has 0 saturated carbocycles. The fourth-order valence-electron chi connectivity index (χ4n) is 4.21. The standard InChI is InChI=1S/C15H24O.C10H14O/c1-11-8-7-9-12(16)13(11)15(5,6)10-14(2,3)4;1-3-5-9-8(2)6-4-7-10(9)11/h7-9,16H,10H2,1-6H3;4,6-7,11H,3,5H2,1-2H3. The molecule has 2 nitrogen and oxygen atoms in total. The van der Waals surface area contributed by atoms with E-state index in [0.717, 1.165) is 30.4 Å². The Bertz CT molecular complexity index is 696. The lowest BCUT2D eigenvalue weighted by Gasteiger charge is -2.34. The summed E-state index contributed by atoms with van der Waals surface area (Å²) in [6, 6.07) is 11.4. The molecule has 0 aliphatic heterocycles. The highest BCUT2D eigenvalue weighted by Crippen LogP contribution is 2.41. The molecule has 2 heteroatoms. The summed E-state index contributed by atoms with van der Waals surface area (Å²) in [5.41, 5.74) is 4.81. The van der Waals surface area contributed by atoms with Crippen molar-refractivity contribution < 1.29 is 10.2 Å². The Morgan fingerprint density at radius 3 is 1.74 bits per heavy atom.